The molecule has 0 aliphatic carbocycles. The molecule has 0 aliphatic heterocycles. The molecule has 1 N–H and O–H groups in total. The molecule has 3 nitrogen and oxygen atoms in total. The van der Waals surface area contributed by atoms with Gasteiger partial charge in [0.1, 0.15) is 6.67 Å². The fourth-order valence-corrected chi connectivity index (χ4v) is 0.825. The molecule has 0 aliphatic rings. The number of nitrogens with one attached hydrogen (secondary N) is 1. The van der Waals surface area contributed by atoms with E-state index in [-0.39, 0.29) is 5.69 Å². The second kappa shape index (κ2) is 3.69. The van der Waals surface area contributed by atoms with E-state index in [1.165, 1.54) is 0 Å². The van der Waals surface area contributed by atoms with Crippen molar-refractivity contribution in [3.8, 4) is 5.88 Å². The number of hydrogen-bond donors (Lipinski definition) is 1. The minimum absolute atomic E-state index is 0.267. The van der Waals surface area contributed by atoms with E-state index < -0.39 is 24.3 Å². The Morgan fingerprint density at radius 2 is 2.00 bits per heavy atom. The summed E-state index contributed by atoms with van der Waals surface area (Å²) in [6.07, 6.45) is -4.90. The Morgan fingerprint density at radius 1 is 1.36 bits per heavy atom. The number of rotatable bonds is 2. The third-order valence-corrected chi connectivity index (χ3v) is 1.24. The predicted octanol–water partition coefficient (Wildman–Crippen LogP) is 1.74. The summed E-state index contributed by atoms with van der Waals surface area (Å²) < 4.78 is 50.4. The fraction of sp³-hybridized carbons (Fsp3) is 0.286. The van der Waals surface area contributed by atoms with E-state index in [4.69, 9.17) is 0 Å². The maximum absolute atomic E-state index is 12.0. The van der Waals surface area contributed by atoms with Crippen LogP contribution in [0.4, 0.5) is 17.6 Å². The summed E-state index contributed by atoms with van der Waals surface area (Å²) >= 11 is 0. The fourth-order valence-electron chi connectivity index (χ4n) is 0.825. The molecule has 7 heteroatoms. The van der Waals surface area contributed by atoms with Gasteiger partial charge in [-0.1, -0.05) is 0 Å². The van der Waals surface area contributed by atoms with E-state index >= 15 is 0 Å². The van der Waals surface area contributed by atoms with E-state index in [9.17, 15) is 22.4 Å². The zero-order valence-electron chi connectivity index (χ0n) is 6.69. The molecule has 0 saturated carbocycles. The number of pyridine rings is 1. The quantitative estimate of drug-likeness (QED) is 0.757. The van der Waals surface area contributed by atoms with Gasteiger partial charge in [0.15, 0.2) is 5.43 Å². The highest BCUT2D eigenvalue weighted by molar-refractivity contribution is 5.15. The van der Waals surface area contributed by atoms with E-state index in [1.807, 2.05) is 4.98 Å². The van der Waals surface area contributed by atoms with Gasteiger partial charge in [0.2, 0.25) is 5.88 Å². The highest BCUT2D eigenvalue weighted by atomic mass is 19.4. The van der Waals surface area contributed by atoms with E-state index in [1.54, 1.807) is 0 Å². The average Bonchev–Trinajstić information content (AvgIpc) is 1.99. The van der Waals surface area contributed by atoms with Gasteiger partial charge in [0.05, 0.1) is 5.69 Å². The summed E-state index contributed by atoms with van der Waals surface area (Å²) in [5.74, 6) is -0.822. The molecule has 0 atom stereocenters. The van der Waals surface area contributed by atoms with Crippen molar-refractivity contribution >= 4 is 0 Å². The van der Waals surface area contributed by atoms with Gasteiger partial charge in [-0.3, -0.25) is 4.79 Å². The highest BCUT2D eigenvalue weighted by Gasteiger charge is 2.31. The first-order chi connectivity index (χ1) is 6.40. The van der Waals surface area contributed by atoms with Gasteiger partial charge in [-0.25, -0.2) is 4.39 Å². The van der Waals surface area contributed by atoms with Crippen molar-refractivity contribution in [2.45, 2.75) is 13.0 Å². The van der Waals surface area contributed by atoms with Gasteiger partial charge in [0.25, 0.3) is 0 Å². The van der Waals surface area contributed by atoms with E-state index in [0.29, 0.717) is 6.07 Å². The van der Waals surface area contributed by atoms with Crippen LogP contribution in [0.15, 0.2) is 16.9 Å². The monoisotopic (exact) mass is 211 g/mol. The molecule has 1 aromatic heterocycles. The molecule has 0 fully saturated rings. The van der Waals surface area contributed by atoms with Gasteiger partial charge >= 0.3 is 6.36 Å². The first kappa shape index (κ1) is 10.6. The summed E-state index contributed by atoms with van der Waals surface area (Å²) in [5.41, 5.74) is -1.02. The minimum atomic E-state index is -4.90. The maximum atomic E-state index is 12.0. The van der Waals surface area contributed by atoms with Crippen LogP contribution in [0.3, 0.4) is 0 Å². The van der Waals surface area contributed by atoms with Crippen molar-refractivity contribution in [1.29, 1.82) is 0 Å². The summed E-state index contributed by atoms with van der Waals surface area (Å²) in [4.78, 5) is 12.7. The molecule has 1 aromatic rings. The smallest absolute Gasteiger partial charge is 0.390 e. The SMILES string of the molecule is O=c1cc(CF)[nH]c(OC(F)(F)F)c1. The average molecular weight is 211 g/mol. The Kier molecular flexibility index (Phi) is 2.78. The second-order valence-electron chi connectivity index (χ2n) is 2.39. The molecule has 0 radical (unpaired) electrons. The lowest BCUT2D eigenvalue weighted by Gasteiger charge is -2.08. The van der Waals surface area contributed by atoms with E-state index in [0.717, 1.165) is 6.07 Å². The molecular weight excluding hydrogens is 206 g/mol. The number of H-pyrrole nitrogens is 1. The standard InChI is InChI=1S/C7H5F4NO2/c8-3-4-1-5(13)2-6(12-4)14-7(9,10)11/h1-2H,3H2,(H,12,13). The van der Waals surface area contributed by atoms with Crippen molar-refractivity contribution < 1.29 is 22.3 Å². The lowest BCUT2D eigenvalue weighted by Crippen LogP contribution is -2.19. The van der Waals surface area contributed by atoms with Crippen LogP contribution in [0.25, 0.3) is 0 Å². The molecule has 1 rings (SSSR count). The lowest BCUT2D eigenvalue weighted by atomic mass is 10.3. The Bertz CT molecular complexity index is 371. The lowest BCUT2D eigenvalue weighted by molar-refractivity contribution is -0.276. The van der Waals surface area contributed by atoms with Crippen LogP contribution < -0.4 is 10.2 Å². The molecule has 0 spiro atoms. The molecule has 1 heterocycles. The Balaban J connectivity index is 2.98. The van der Waals surface area contributed by atoms with Gasteiger partial charge in [-0.2, -0.15) is 0 Å². The van der Waals surface area contributed by atoms with E-state index in [2.05, 4.69) is 4.74 Å². The van der Waals surface area contributed by atoms with Crippen molar-refractivity contribution in [3.63, 3.8) is 0 Å². The predicted molar refractivity (Wildman–Crippen MR) is 38.6 cm³/mol. The van der Waals surface area contributed by atoms with Crippen LogP contribution in [0.2, 0.25) is 0 Å². The van der Waals surface area contributed by atoms with Crippen LogP contribution >= 0.6 is 0 Å². The third kappa shape index (κ3) is 3.08. The summed E-state index contributed by atoms with van der Waals surface area (Å²) in [6.45, 7) is -1.07. The summed E-state index contributed by atoms with van der Waals surface area (Å²) in [7, 11) is 0. The maximum Gasteiger partial charge on any atom is 0.574 e. The van der Waals surface area contributed by atoms with Gasteiger partial charge in [-0.05, 0) is 0 Å². The molecule has 78 valence electrons. The van der Waals surface area contributed by atoms with Crippen LogP contribution in [0, 0.1) is 0 Å². The number of alkyl halides is 4. The summed E-state index contributed by atoms with van der Waals surface area (Å²) in [6, 6.07) is 1.44. The number of ether oxygens (including phenoxy) is 1. The number of aromatic nitrogens is 1. The zero-order chi connectivity index (χ0) is 10.8. The number of hydrogen-bond acceptors (Lipinski definition) is 2. The van der Waals surface area contributed by atoms with Crippen molar-refractivity contribution in [2.24, 2.45) is 0 Å². The first-order valence-electron chi connectivity index (χ1n) is 3.45. The Labute approximate surface area is 75.3 Å². The van der Waals surface area contributed by atoms with Crippen LogP contribution in [0.5, 0.6) is 5.88 Å². The molecule has 0 amide bonds. The molecular formula is C7H5F4NO2. The third-order valence-electron chi connectivity index (χ3n) is 1.24. The van der Waals surface area contributed by atoms with Crippen molar-refractivity contribution in [2.75, 3.05) is 0 Å². The number of aromatic amines is 1. The van der Waals surface area contributed by atoms with Crippen molar-refractivity contribution in [3.05, 3.63) is 28.0 Å². The van der Waals surface area contributed by atoms with Gasteiger partial charge in [-0.15, -0.1) is 13.2 Å². The van der Waals surface area contributed by atoms with Gasteiger partial charge < -0.3 is 9.72 Å². The topological polar surface area (TPSA) is 42.1 Å². The second-order valence-corrected chi connectivity index (χ2v) is 2.39. The Hall–Kier alpha value is -1.53. The molecule has 0 aromatic carbocycles. The minimum Gasteiger partial charge on any atom is -0.390 e. The first-order valence-corrected chi connectivity index (χ1v) is 3.45. The zero-order valence-corrected chi connectivity index (χ0v) is 6.69. The molecule has 0 unspecified atom stereocenters. The molecule has 0 bridgehead atoms. The van der Waals surface area contributed by atoms with Crippen LogP contribution in [0.1, 0.15) is 5.69 Å². The highest BCUT2D eigenvalue weighted by Crippen LogP contribution is 2.19. The van der Waals surface area contributed by atoms with Crippen molar-refractivity contribution in [1.82, 2.24) is 4.98 Å². The normalized spacial score (nSPS) is 11.4. The van der Waals surface area contributed by atoms with Gasteiger partial charge in [0, 0.05) is 12.1 Å². The summed E-state index contributed by atoms with van der Waals surface area (Å²) in [5, 5.41) is 0. The van der Waals surface area contributed by atoms with Crippen LogP contribution in [-0.2, 0) is 6.67 Å². The number of halogens is 4. The largest absolute Gasteiger partial charge is 0.574 e. The molecule has 14 heavy (non-hydrogen) atoms. The molecule has 0 saturated heterocycles. The Morgan fingerprint density at radius 3 is 2.50 bits per heavy atom. The van der Waals surface area contributed by atoms with Crippen LogP contribution in [-0.4, -0.2) is 11.3 Å².